The molecule has 1 aromatic rings. The Morgan fingerprint density at radius 3 is 2.45 bits per heavy atom. The minimum atomic E-state index is -1.19. The van der Waals surface area contributed by atoms with Crippen molar-refractivity contribution in [1.82, 2.24) is 10.6 Å². The first kappa shape index (κ1) is 15.6. The molecule has 8 nitrogen and oxygen atoms in total. The third kappa shape index (κ3) is 5.02. The first-order valence-corrected chi connectivity index (χ1v) is 5.89. The number of rotatable bonds is 5. The number of hydrogen-bond donors (Lipinski definition) is 5. The van der Waals surface area contributed by atoms with Gasteiger partial charge in [-0.15, -0.1) is 0 Å². The number of nitrogens with two attached hydrogens (primary N) is 1. The molecule has 0 saturated heterocycles. The normalized spacial score (nSPS) is 9.65. The molecule has 0 fully saturated rings. The summed E-state index contributed by atoms with van der Waals surface area (Å²) in [5, 5.41) is 16.3. The molecule has 108 valence electrons. The van der Waals surface area contributed by atoms with Crippen molar-refractivity contribution >= 4 is 35.3 Å². The number of amides is 4. The molecule has 1 rings (SSSR count). The first-order chi connectivity index (χ1) is 9.40. The quantitative estimate of drug-likeness (QED) is 0.515. The Hall–Kier alpha value is -2.48. The Morgan fingerprint density at radius 1 is 1.20 bits per heavy atom. The molecule has 0 atom stereocenters. The van der Waals surface area contributed by atoms with Gasteiger partial charge in [-0.2, -0.15) is 0 Å². The van der Waals surface area contributed by atoms with Crippen molar-refractivity contribution in [3.8, 4) is 0 Å². The molecule has 0 heterocycles. The van der Waals surface area contributed by atoms with E-state index in [0.717, 1.165) is 0 Å². The molecular formula is C11H13ClN4O4. The number of benzene rings is 1. The van der Waals surface area contributed by atoms with Crippen molar-refractivity contribution in [2.45, 2.75) is 0 Å². The molecule has 0 aromatic heterocycles. The van der Waals surface area contributed by atoms with Crippen LogP contribution in [0.15, 0.2) is 18.2 Å². The molecule has 0 aliphatic heterocycles. The highest BCUT2D eigenvalue weighted by Crippen LogP contribution is 2.20. The number of carbonyl (C=O) groups excluding carboxylic acids is 2. The predicted octanol–water partition coefficient (Wildman–Crippen LogP) is 0.828. The van der Waals surface area contributed by atoms with E-state index in [-0.39, 0.29) is 24.3 Å². The number of primary amides is 1. The van der Waals surface area contributed by atoms with E-state index in [0.29, 0.717) is 5.02 Å². The van der Waals surface area contributed by atoms with Gasteiger partial charge in [0.1, 0.15) is 0 Å². The van der Waals surface area contributed by atoms with Crippen molar-refractivity contribution < 1.29 is 19.5 Å². The maximum atomic E-state index is 11.5. The summed E-state index contributed by atoms with van der Waals surface area (Å²) in [5.41, 5.74) is 4.84. The van der Waals surface area contributed by atoms with Crippen molar-refractivity contribution in [2.75, 3.05) is 18.4 Å². The second kappa shape index (κ2) is 7.19. The van der Waals surface area contributed by atoms with E-state index >= 15 is 0 Å². The highest BCUT2D eigenvalue weighted by molar-refractivity contribution is 6.31. The summed E-state index contributed by atoms with van der Waals surface area (Å²) in [4.78, 5) is 32.9. The number of anilines is 1. The van der Waals surface area contributed by atoms with E-state index in [4.69, 9.17) is 22.4 Å². The minimum Gasteiger partial charge on any atom is -0.478 e. The predicted molar refractivity (Wildman–Crippen MR) is 73.0 cm³/mol. The van der Waals surface area contributed by atoms with Crippen LogP contribution in [0.2, 0.25) is 5.02 Å². The number of carboxylic acids is 1. The molecule has 0 bridgehead atoms. The summed E-state index contributed by atoms with van der Waals surface area (Å²) in [5.74, 6) is -1.19. The largest absolute Gasteiger partial charge is 0.478 e. The van der Waals surface area contributed by atoms with Crippen molar-refractivity contribution in [2.24, 2.45) is 5.73 Å². The van der Waals surface area contributed by atoms with Crippen LogP contribution in [0, 0.1) is 0 Å². The van der Waals surface area contributed by atoms with Gasteiger partial charge >= 0.3 is 18.0 Å². The van der Waals surface area contributed by atoms with E-state index in [1.807, 2.05) is 0 Å². The lowest BCUT2D eigenvalue weighted by molar-refractivity contribution is 0.0698. The smallest absolute Gasteiger partial charge is 0.337 e. The summed E-state index contributed by atoms with van der Waals surface area (Å²) >= 11 is 5.74. The lowest BCUT2D eigenvalue weighted by atomic mass is 10.2. The Morgan fingerprint density at radius 2 is 1.85 bits per heavy atom. The molecule has 0 aliphatic carbocycles. The van der Waals surface area contributed by atoms with Crippen LogP contribution in [-0.2, 0) is 0 Å². The summed E-state index contributed by atoms with van der Waals surface area (Å²) in [6.07, 6.45) is 0. The van der Waals surface area contributed by atoms with Crippen LogP contribution in [0.25, 0.3) is 0 Å². The molecule has 4 amide bonds. The molecule has 20 heavy (non-hydrogen) atoms. The van der Waals surface area contributed by atoms with Crippen LogP contribution in [0.5, 0.6) is 0 Å². The van der Waals surface area contributed by atoms with Crippen LogP contribution in [-0.4, -0.2) is 36.2 Å². The van der Waals surface area contributed by atoms with Gasteiger partial charge in [-0.1, -0.05) is 11.6 Å². The van der Waals surface area contributed by atoms with Gasteiger partial charge in [0.15, 0.2) is 0 Å². The molecule has 0 radical (unpaired) electrons. The van der Waals surface area contributed by atoms with Crippen LogP contribution < -0.4 is 21.7 Å². The van der Waals surface area contributed by atoms with Crippen LogP contribution in [0.3, 0.4) is 0 Å². The van der Waals surface area contributed by atoms with Crippen molar-refractivity contribution in [1.29, 1.82) is 0 Å². The van der Waals surface area contributed by atoms with E-state index in [1.54, 1.807) is 0 Å². The summed E-state index contributed by atoms with van der Waals surface area (Å²) in [6.45, 7) is 0.293. The van der Waals surface area contributed by atoms with Gasteiger partial charge < -0.3 is 26.8 Å². The molecule has 0 aliphatic rings. The monoisotopic (exact) mass is 300 g/mol. The van der Waals surface area contributed by atoms with E-state index in [1.165, 1.54) is 18.2 Å². The average Bonchev–Trinajstić information content (AvgIpc) is 2.34. The topological polar surface area (TPSA) is 134 Å². The Labute approximate surface area is 119 Å². The third-order valence-electron chi connectivity index (χ3n) is 2.17. The number of nitrogens with one attached hydrogen (secondary N) is 3. The van der Waals surface area contributed by atoms with Gasteiger partial charge in [-0.25, -0.2) is 14.4 Å². The zero-order valence-electron chi connectivity index (χ0n) is 10.3. The van der Waals surface area contributed by atoms with E-state index in [2.05, 4.69) is 16.0 Å². The lowest BCUT2D eigenvalue weighted by Gasteiger charge is -2.10. The number of carboxylic acid groups (broad SMARTS) is 1. The Kier molecular flexibility index (Phi) is 5.60. The molecule has 0 saturated carbocycles. The fraction of sp³-hybridized carbons (Fsp3) is 0.182. The van der Waals surface area contributed by atoms with E-state index in [9.17, 15) is 14.4 Å². The highest BCUT2D eigenvalue weighted by atomic mass is 35.5. The molecular weight excluding hydrogens is 288 g/mol. The number of carbonyl (C=O) groups is 3. The molecule has 0 spiro atoms. The van der Waals surface area contributed by atoms with Crippen molar-refractivity contribution in [3.63, 3.8) is 0 Å². The number of hydrogen-bond acceptors (Lipinski definition) is 3. The fourth-order valence-electron chi connectivity index (χ4n) is 1.33. The second-order valence-corrected chi connectivity index (χ2v) is 4.10. The summed E-state index contributed by atoms with van der Waals surface area (Å²) in [6, 6.07) is 2.70. The molecule has 9 heteroatoms. The second-order valence-electron chi connectivity index (χ2n) is 3.67. The molecule has 0 unspecified atom stereocenters. The first-order valence-electron chi connectivity index (χ1n) is 5.51. The third-order valence-corrected chi connectivity index (χ3v) is 2.41. The average molecular weight is 301 g/mol. The zero-order valence-corrected chi connectivity index (χ0v) is 11.0. The fourth-order valence-corrected chi connectivity index (χ4v) is 1.51. The van der Waals surface area contributed by atoms with Gasteiger partial charge in [0.25, 0.3) is 0 Å². The summed E-state index contributed by atoms with van der Waals surface area (Å²) in [7, 11) is 0. The zero-order chi connectivity index (χ0) is 15.1. The van der Waals surface area contributed by atoms with Crippen molar-refractivity contribution in [3.05, 3.63) is 28.8 Å². The maximum absolute atomic E-state index is 11.5. The van der Waals surface area contributed by atoms with Gasteiger partial charge in [0.05, 0.1) is 11.3 Å². The SMILES string of the molecule is NC(=O)NCCNC(=O)Nc1cc(Cl)ccc1C(=O)O. The van der Waals surface area contributed by atoms with Crippen LogP contribution in [0.1, 0.15) is 10.4 Å². The van der Waals surface area contributed by atoms with Crippen LogP contribution in [0.4, 0.5) is 15.3 Å². The lowest BCUT2D eigenvalue weighted by Crippen LogP contribution is -2.38. The standard InChI is InChI=1S/C11H13ClN4O4/c12-6-1-2-7(9(17)18)8(5-6)16-11(20)15-4-3-14-10(13)19/h1-2,5H,3-4H2,(H,17,18)(H3,13,14,19)(H2,15,16,20). The van der Waals surface area contributed by atoms with E-state index < -0.39 is 18.0 Å². The summed E-state index contributed by atoms with van der Waals surface area (Å²) < 4.78 is 0. The number of urea groups is 2. The van der Waals surface area contributed by atoms with Gasteiger partial charge in [-0.05, 0) is 18.2 Å². The Bertz CT molecular complexity index is 535. The van der Waals surface area contributed by atoms with Gasteiger partial charge in [0, 0.05) is 18.1 Å². The number of halogens is 1. The molecule has 6 N–H and O–H groups in total. The highest BCUT2D eigenvalue weighted by Gasteiger charge is 2.12. The van der Waals surface area contributed by atoms with Gasteiger partial charge in [-0.3, -0.25) is 0 Å². The molecule has 1 aromatic carbocycles. The number of aromatic carboxylic acids is 1. The minimum absolute atomic E-state index is 0.0744. The maximum Gasteiger partial charge on any atom is 0.337 e. The van der Waals surface area contributed by atoms with Gasteiger partial charge in [0.2, 0.25) is 0 Å². The van der Waals surface area contributed by atoms with Crippen LogP contribution >= 0.6 is 11.6 Å². The Balaban J connectivity index is 2.59.